The van der Waals surface area contributed by atoms with Gasteiger partial charge in [-0.2, -0.15) is 4.31 Å². The first-order valence-corrected chi connectivity index (χ1v) is 10.6. The van der Waals surface area contributed by atoms with Crippen molar-refractivity contribution in [2.24, 2.45) is 0 Å². The van der Waals surface area contributed by atoms with E-state index in [0.29, 0.717) is 5.69 Å². The third-order valence-electron chi connectivity index (χ3n) is 3.43. The number of anilines is 1. The average molecular weight is 460 g/mol. The van der Waals surface area contributed by atoms with Crippen molar-refractivity contribution in [3.05, 3.63) is 45.7 Å². The Morgan fingerprint density at radius 1 is 1.23 bits per heavy atom. The molecule has 1 heterocycles. The highest BCUT2D eigenvalue weighted by molar-refractivity contribution is 9.10. The van der Waals surface area contributed by atoms with Crippen LogP contribution in [0.4, 0.5) is 5.69 Å². The van der Waals surface area contributed by atoms with Crippen molar-refractivity contribution in [3.8, 4) is 0 Å². The first kappa shape index (κ1) is 20.6. The molecular weight excluding hydrogens is 442 g/mol. The van der Waals surface area contributed by atoms with Gasteiger partial charge in [-0.3, -0.25) is 9.59 Å². The van der Waals surface area contributed by atoms with Crippen molar-refractivity contribution in [1.82, 2.24) is 9.62 Å². The fourth-order valence-electron chi connectivity index (χ4n) is 2.05. The molecule has 0 bridgehead atoms. The number of amides is 2. The topological polar surface area (TPSA) is 95.6 Å². The predicted octanol–water partition coefficient (Wildman–Crippen LogP) is 2.19. The Morgan fingerprint density at radius 2 is 1.96 bits per heavy atom. The fraction of sp³-hybridized carbons (Fsp3) is 0.250. The summed E-state index contributed by atoms with van der Waals surface area (Å²) in [7, 11) is -2.38. The van der Waals surface area contributed by atoms with Crippen LogP contribution in [-0.2, 0) is 19.6 Å². The van der Waals surface area contributed by atoms with Crippen LogP contribution < -0.4 is 10.6 Å². The van der Waals surface area contributed by atoms with Crippen molar-refractivity contribution in [1.29, 1.82) is 0 Å². The summed E-state index contributed by atoms with van der Waals surface area (Å²) in [5.74, 6) is -0.956. The third kappa shape index (κ3) is 5.37. The van der Waals surface area contributed by atoms with E-state index in [2.05, 4.69) is 26.6 Å². The molecule has 2 rings (SSSR count). The molecule has 7 nitrogen and oxygen atoms in total. The van der Waals surface area contributed by atoms with Gasteiger partial charge in [0.15, 0.2) is 0 Å². The molecule has 0 spiro atoms. The lowest BCUT2D eigenvalue weighted by atomic mass is 10.2. The molecule has 1 aromatic heterocycles. The Kier molecular flexibility index (Phi) is 6.93. The van der Waals surface area contributed by atoms with E-state index in [4.69, 9.17) is 0 Å². The molecule has 2 N–H and O–H groups in total. The standard InChI is InChI=1S/C16H18BrN3O4S2/c1-11-8-12(17)5-6-13(11)19-14(21)9-18-15(22)10-20(2)26(23,24)16-4-3-7-25-16/h3-8H,9-10H2,1-2H3,(H,18,22)(H,19,21). The molecule has 0 aliphatic rings. The number of sulfonamides is 1. The number of nitrogens with zero attached hydrogens (tertiary/aromatic N) is 1. The monoisotopic (exact) mass is 459 g/mol. The van der Waals surface area contributed by atoms with Crippen molar-refractivity contribution in [2.45, 2.75) is 11.1 Å². The molecule has 0 atom stereocenters. The quantitative estimate of drug-likeness (QED) is 0.662. The van der Waals surface area contributed by atoms with Crippen molar-refractivity contribution in [2.75, 3.05) is 25.5 Å². The molecule has 2 amide bonds. The SMILES string of the molecule is Cc1cc(Br)ccc1NC(=O)CNC(=O)CN(C)S(=O)(=O)c1cccs1. The molecule has 2 aromatic rings. The van der Waals surface area contributed by atoms with Crippen LogP contribution in [0.25, 0.3) is 0 Å². The summed E-state index contributed by atoms with van der Waals surface area (Å²) in [4.78, 5) is 23.9. The maximum atomic E-state index is 12.2. The van der Waals surface area contributed by atoms with Gasteiger partial charge >= 0.3 is 0 Å². The summed E-state index contributed by atoms with van der Waals surface area (Å²) < 4.78 is 26.5. The highest BCUT2D eigenvalue weighted by atomic mass is 79.9. The van der Waals surface area contributed by atoms with Gasteiger partial charge in [0.2, 0.25) is 11.8 Å². The maximum absolute atomic E-state index is 12.2. The van der Waals surface area contributed by atoms with E-state index in [1.807, 2.05) is 13.0 Å². The smallest absolute Gasteiger partial charge is 0.252 e. The Labute approximate surface area is 164 Å². The van der Waals surface area contributed by atoms with Crippen LogP contribution in [0, 0.1) is 6.92 Å². The van der Waals surface area contributed by atoms with Gasteiger partial charge in [-0.25, -0.2) is 8.42 Å². The molecule has 10 heteroatoms. The van der Waals surface area contributed by atoms with Gasteiger partial charge < -0.3 is 10.6 Å². The minimum atomic E-state index is -3.70. The van der Waals surface area contributed by atoms with Crippen LogP contribution in [0.3, 0.4) is 0 Å². The molecule has 140 valence electrons. The molecule has 0 radical (unpaired) electrons. The van der Waals surface area contributed by atoms with Gasteiger partial charge in [-0.05, 0) is 42.1 Å². The van der Waals surface area contributed by atoms with Crippen molar-refractivity contribution in [3.63, 3.8) is 0 Å². The molecule has 0 aliphatic heterocycles. The number of benzene rings is 1. The number of likely N-dealkylation sites (N-methyl/N-ethyl adjacent to an activating group) is 1. The number of halogens is 1. The van der Waals surface area contributed by atoms with Gasteiger partial charge in [0.1, 0.15) is 4.21 Å². The lowest BCUT2D eigenvalue weighted by Crippen LogP contribution is -2.41. The van der Waals surface area contributed by atoms with Crippen molar-refractivity contribution >= 4 is 54.8 Å². The van der Waals surface area contributed by atoms with Crippen LogP contribution in [0.2, 0.25) is 0 Å². The van der Waals surface area contributed by atoms with Gasteiger partial charge in [0.05, 0.1) is 13.1 Å². The maximum Gasteiger partial charge on any atom is 0.252 e. The van der Waals surface area contributed by atoms with E-state index < -0.39 is 21.8 Å². The van der Waals surface area contributed by atoms with Gasteiger partial charge in [0.25, 0.3) is 10.0 Å². The normalized spacial score (nSPS) is 11.4. The van der Waals surface area contributed by atoms with Crippen LogP contribution >= 0.6 is 27.3 Å². The molecule has 0 saturated heterocycles. The van der Waals surface area contributed by atoms with E-state index >= 15 is 0 Å². The Hall–Kier alpha value is -1.75. The summed E-state index contributed by atoms with van der Waals surface area (Å²) in [5.41, 5.74) is 1.52. The van der Waals surface area contributed by atoms with Crippen molar-refractivity contribution < 1.29 is 18.0 Å². The average Bonchev–Trinajstić information content (AvgIpc) is 3.11. The number of thiophene rings is 1. The zero-order chi connectivity index (χ0) is 19.3. The second kappa shape index (κ2) is 8.76. The number of carbonyl (C=O) groups excluding carboxylic acids is 2. The summed E-state index contributed by atoms with van der Waals surface area (Å²) in [5, 5.41) is 6.76. The van der Waals surface area contributed by atoms with E-state index in [9.17, 15) is 18.0 Å². The molecule has 0 unspecified atom stereocenters. The van der Waals surface area contributed by atoms with E-state index in [-0.39, 0.29) is 17.3 Å². The summed E-state index contributed by atoms with van der Waals surface area (Å²) in [6.07, 6.45) is 0. The van der Waals surface area contributed by atoms with Crippen LogP contribution in [0.15, 0.2) is 44.4 Å². The fourth-order valence-corrected chi connectivity index (χ4v) is 4.85. The summed E-state index contributed by atoms with van der Waals surface area (Å²) >= 11 is 4.42. The Balaban J connectivity index is 1.85. The number of hydrogen-bond donors (Lipinski definition) is 2. The molecule has 26 heavy (non-hydrogen) atoms. The van der Waals surface area contributed by atoms with E-state index in [0.717, 1.165) is 25.7 Å². The molecule has 1 aromatic carbocycles. The summed E-state index contributed by atoms with van der Waals surface area (Å²) in [6.45, 7) is 1.23. The minimum Gasteiger partial charge on any atom is -0.346 e. The highest BCUT2D eigenvalue weighted by Gasteiger charge is 2.23. The lowest BCUT2D eigenvalue weighted by molar-refractivity contribution is -0.124. The van der Waals surface area contributed by atoms with Crippen LogP contribution in [-0.4, -0.2) is 44.7 Å². The van der Waals surface area contributed by atoms with Gasteiger partial charge in [-0.1, -0.05) is 22.0 Å². The van der Waals surface area contributed by atoms with E-state index in [1.54, 1.807) is 23.6 Å². The molecule has 0 aliphatic carbocycles. The van der Waals surface area contributed by atoms with Crippen LogP contribution in [0.5, 0.6) is 0 Å². The summed E-state index contributed by atoms with van der Waals surface area (Å²) in [6, 6.07) is 8.51. The zero-order valence-corrected chi connectivity index (χ0v) is 17.4. The number of hydrogen-bond acceptors (Lipinski definition) is 5. The number of carbonyl (C=O) groups is 2. The highest BCUT2D eigenvalue weighted by Crippen LogP contribution is 2.20. The molecule has 0 saturated carbocycles. The Morgan fingerprint density at radius 3 is 2.58 bits per heavy atom. The van der Waals surface area contributed by atoms with Gasteiger partial charge in [-0.15, -0.1) is 11.3 Å². The molecule has 0 fully saturated rings. The number of aryl methyl sites for hydroxylation is 1. The first-order valence-electron chi connectivity index (χ1n) is 7.52. The number of rotatable bonds is 7. The lowest BCUT2D eigenvalue weighted by Gasteiger charge is -2.15. The second-order valence-corrected chi connectivity index (χ2v) is 9.61. The Bertz CT molecular complexity index is 898. The van der Waals surface area contributed by atoms with E-state index in [1.165, 1.54) is 13.1 Å². The molecular formula is C16H18BrN3O4S2. The predicted molar refractivity (Wildman–Crippen MR) is 105 cm³/mol. The zero-order valence-electron chi connectivity index (χ0n) is 14.2. The number of nitrogens with one attached hydrogen (secondary N) is 2. The minimum absolute atomic E-state index is 0.163. The first-order chi connectivity index (χ1) is 12.2. The third-order valence-corrected chi connectivity index (χ3v) is 7.10. The van der Waals surface area contributed by atoms with Gasteiger partial charge in [0, 0.05) is 17.2 Å². The largest absolute Gasteiger partial charge is 0.346 e. The van der Waals surface area contributed by atoms with Crippen LogP contribution in [0.1, 0.15) is 5.56 Å². The second-order valence-electron chi connectivity index (χ2n) is 5.48.